The number of nitro groups is 1. The summed E-state index contributed by atoms with van der Waals surface area (Å²) in [5.74, 6) is 0.183. The largest absolute Gasteiger partial charge is 0.338 e. The van der Waals surface area contributed by atoms with Crippen LogP contribution in [0.4, 0.5) is 5.69 Å². The van der Waals surface area contributed by atoms with Crippen LogP contribution in [-0.2, 0) is 0 Å². The molecule has 1 atom stereocenters. The summed E-state index contributed by atoms with van der Waals surface area (Å²) >= 11 is 0. The van der Waals surface area contributed by atoms with Gasteiger partial charge in [0.05, 0.1) is 4.92 Å². The van der Waals surface area contributed by atoms with E-state index in [-0.39, 0.29) is 17.2 Å². The molecule has 1 fully saturated rings. The van der Waals surface area contributed by atoms with Gasteiger partial charge in [-0.25, -0.2) is 0 Å². The number of rotatable bonds is 4. The zero-order valence-corrected chi connectivity index (χ0v) is 10.8. The third kappa shape index (κ3) is 2.90. The van der Waals surface area contributed by atoms with Gasteiger partial charge in [0, 0.05) is 19.2 Å². The maximum atomic E-state index is 12.3. The number of para-hydroxylation sites is 1. The molecule has 102 valence electrons. The summed E-state index contributed by atoms with van der Waals surface area (Å²) in [7, 11) is 1.88. The summed E-state index contributed by atoms with van der Waals surface area (Å²) in [5, 5.41) is 14.0. The molecule has 1 heterocycles. The van der Waals surface area contributed by atoms with E-state index in [1.54, 1.807) is 17.0 Å². The number of carbonyl (C=O) groups excluding carboxylic acids is 1. The molecule has 1 unspecified atom stereocenters. The molecule has 1 saturated heterocycles. The first-order chi connectivity index (χ1) is 9.13. The Morgan fingerprint density at radius 1 is 1.53 bits per heavy atom. The lowest BCUT2D eigenvalue weighted by molar-refractivity contribution is -0.385. The Balaban J connectivity index is 2.15. The molecular formula is C13H17N3O3. The normalized spacial score (nSPS) is 18.6. The number of carbonyl (C=O) groups is 1. The molecule has 6 nitrogen and oxygen atoms in total. The Kier molecular flexibility index (Phi) is 4.11. The van der Waals surface area contributed by atoms with Crippen molar-refractivity contribution in [3.05, 3.63) is 39.9 Å². The van der Waals surface area contributed by atoms with Gasteiger partial charge in [0.1, 0.15) is 5.56 Å². The van der Waals surface area contributed by atoms with E-state index < -0.39 is 4.92 Å². The number of nitrogens with zero attached hydrogens (tertiary/aromatic N) is 2. The Morgan fingerprint density at radius 3 is 2.95 bits per heavy atom. The number of benzene rings is 1. The second-order valence-corrected chi connectivity index (χ2v) is 4.74. The van der Waals surface area contributed by atoms with Gasteiger partial charge in [-0.1, -0.05) is 12.1 Å². The predicted molar refractivity (Wildman–Crippen MR) is 71.0 cm³/mol. The fraction of sp³-hybridized carbons (Fsp3) is 0.462. The lowest BCUT2D eigenvalue weighted by atomic mass is 10.1. The van der Waals surface area contributed by atoms with Gasteiger partial charge in [0.2, 0.25) is 0 Å². The number of hydrogen-bond donors (Lipinski definition) is 1. The third-order valence-corrected chi connectivity index (χ3v) is 3.40. The van der Waals surface area contributed by atoms with Crippen LogP contribution >= 0.6 is 0 Å². The minimum atomic E-state index is -0.506. The molecule has 0 aromatic heterocycles. The zero-order valence-electron chi connectivity index (χ0n) is 10.8. The van der Waals surface area contributed by atoms with E-state index >= 15 is 0 Å². The van der Waals surface area contributed by atoms with Crippen molar-refractivity contribution in [2.75, 3.05) is 26.7 Å². The van der Waals surface area contributed by atoms with E-state index in [1.807, 2.05) is 7.05 Å². The van der Waals surface area contributed by atoms with E-state index in [4.69, 9.17) is 0 Å². The SMILES string of the molecule is CNCC1CCN(C(=O)c2ccccc2[N+](=O)[O-])C1. The maximum Gasteiger partial charge on any atom is 0.282 e. The first-order valence-electron chi connectivity index (χ1n) is 6.30. The van der Waals surface area contributed by atoms with Crippen molar-refractivity contribution >= 4 is 11.6 Å². The summed E-state index contributed by atoms with van der Waals surface area (Å²) in [6.45, 7) is 2.18. The van der Waals surface area contributed by atoms with Gasteiger partial charge >= 0.3 is 0 Å². The van der Waals surface area contributed by atoms with Crippen LogP contribution in [0, 0.1) is 16.0 Å². The molecule has 1 aromatic rings. The summed E-state index contributed by atoms with van der Waals surface area (Å²) in [6, 6.07) is 6.12. The molecule has 1 aliphatic heterocycles. The van der Waals surface area contributed by atoms with Crippen LogP contribution in [0.5, 0.6) is 0 Å². The van der Waals surface area contributed by atoms with E-state index in [0.717, 1.165) is 13.0 Å². The molecule has 19 heavy (non-hydrogen) atoms. The average Bonchev–Trinajstić information content (AvgIpc) is 2.87. The van der Waals surface area contributed by atoms with Crippen molar-refractivity contribution in [2.24, 2.45) is 5.92 Å². The second kappa shape index (κ2) is 5.79. The fourth-order valence-electron chi connectivity index (χ4n) is 2.46. The third-order valence-electron chi connectivity index (χ3n) is 3.40. The highest BCUT2D eigenvalue weighted by molar-refractivity contribution is 5.98. The molecule has 0 spiro atoms. The zero-order chi connectivity index (χ0) is 13.8. The van der Waals surface area contributed by atoms with Crippen LogP contribution in [-0.4, -0.2) is 42.4 Å². The van der Waals surface area contributed by atoms with E-state index in [9.17, 15) is 14.9 Å². The highest BCUT2D eigenvalue weighted by Crippen LogP contribution is 2.23. The molecule has 0 saturated carbocycles. The molecule has 1 aliphatic rings. The van der Waals surface area contributed by atoms with Crippen LogP contribution < -0.4 is 5.32 Å². The topological polar surface area (TPSA) is 75.5 Å². The van der Waals surface area contributed by atoms with Crippen molar-refractivity contribution in [1.82, 2.24) is 10.2 Å². The highest BCUT2D eigenvalue weighted by atomic mass is 16.6. The van der Waals surface area contributed by atoms with Gasteiger partial charge in [0.15, 0.2) is 0 Å². The van der Waals surface area contributed by atoms with Crippen molar-refractivity contribution < 1.29 is 9.72 Å². The van der Waals surface area contributed by atoms with Crippen molar-refractivity contribution in [1.29, 1.82) is 0 Å². The van der Waals surface area contributed by atoms with Crippen LogP contribution in [0.1, 0.15) is 16.8 Å². The van der Waals surface area contributed by atoms with Crippen LogP contribution in [0.25, 0.3) is 0 Å². The number of hydrogen-bond acceptors (Lipinski definition) is 4. The quantitative estimate of drug-likeness (QED) is 0.655. The first-order valence-corrected chi connectivity index (χ1v) is 6.30. The molecule has 2 rings (SSSR count). The average molecular weight is 263 g/mol. The monoisotopic (exact) mass is 263 g/mol. The molecule has 1 aromatic carbocycles. The van der Waals surface area contributed by atoms with Crippen LogP contribution in [0.15, 0.2) is 24.3 Å². The minimum absolute atomic E-state index is 0.121. The summed E-state index contributed by atoms with van der Waals surface area (Å²) in [4.78, 5) is 24.4. The van der Waals surface area contributed by atoms with Gasteiger partial charge in [0.25, 0.3) is 11.6 Å². The molecule has 1 amide bonds. The number of amides is 1. The Labute approximate surface area is 111 Å². The Hall–Kier alpha value is -1.95. The molecule has 0 radical (unpaired) electrons. The molecule has 0 bridgehead atoms. The first kappa shape index (κ1) is 13.5. The maximum absolute atomic E-state index is 12.3. The van der Waals surface area contributed by atoms with Gasteiger partial charge in [-0.2, -0.15) is 0 Å². The van der Waals surface area contributed by atoms with Crippen LogP contribution in [0.2, 0.25) is 0 Å². The highest BCUT2D eigenvalue weighted by Gasteiger charge is 2.29. The van der Waals surface area contributed by atoms with Crippen molar-refractivity contribution in [3.63, 3.8) is 0 Å². The summed E-state index contributed by atoms with van der Waals surface area (Å²) < 4.78 is 0. The summed E-state index contributed by atoms with van der Waals surface area (Å²) in [6.07, 6.45) is 0.938. The van der Waals surface area contributed by atoms with Crippen molar-refractivity contribution in [3.8, 4) is 0 Å². The number of likely N-dealkylation sites (tertiary alicyclic amines) is 1. The molecular weight excluding hydrogens is 246 g/mol. The lowest BCUT2D eigenvalue weighted by Gasteiger charge is -2.16. The van der Waals surface area contributed by atoms with Crippen molar-refractivity contribution in [2.45, 2.75) is 6.42 Å². The minimum Gasteiger partial charge on any atom is -0.338 e. The van der Waals surface area contributed by atoms with E-state index in [2.05, 4.69) is 5.32 Å². The summed E-state index contributed by atoms with van der Waals surface area (Å²) in [5.41, 5.74) is 0.0576. The van der Waals surface area contributed by atoms with E-state index in [0.29, 0.717) is 19.0 Å². The standard InChI is InChI=1S/C13H17N3O3/c1-14-8-10-6-7-15(9-10)13(17)11-4-2-3-5-12(11)16(18)19/h2-5,10,14H,6-9H2,1H3. The predicted octanol–water partition coefficient (Wildman–Crippen LogP) is 1.28. The second-order valence-electron chi connectivity index (χ2n) is 4.74. The van der Waals surface area contributed by atoms with Crippen LogP contribution in [0.3, 0.4) is 0 Å². The number of nitrogens with one attached hydrogen (secondary N) is 1. The van der Waals surface area contributed by atoms with Gasteiger partial charge in [-0.05, 0) is 32.0 Å². The van der Waals surface area contributed by atoms with Gasteiger partial charge < -0.3 is 10.2 Å². The Morgan fingerprint density at radius 2 is 2.26 bits per heavy atom. The van der Waals surface area contributed by atoms with E-state index in [1.165, 1.54) is 12.1 Å². The van der Waals surface area contributed by atoms with Gasteiger partial charge in [-0.15, -0.1) is 0 Å². The molecule has 6 heteroatoms. The molecule has 0 aliphatic carbocycles. The fourth-order valence-corrected chi connectivity index (χ4v) is 2.46. The Bertz CT molecular complexity index is 490. The van der Waals surface area contributed by atoms with Gasteiger partial charge in [-0.3, -0.25) is 14.9 Å². The number of nitro benzene ring substituents is 1. The molecule has 1 N–H and O–H groups in total. The lowest BCUT2D eigenvalue weighted by Crippen LogP contribution is -2.30. The smallest absolute Gasteiger partial charge is 0.282 e.